The Kier molecular flexibility index (Phi) is 6.27. The maximum Gasteiger partial charge on any atom is 0.416 e. The standard InChI is InChI=1S/C24H23F3N4O2/c25-24(26,27)19-3-1-4-21(14-19)31-16-18(13-22(31)32)23(33)30-10-2-9-29(11-12-30)20-7-5-17(15-28)6-8-20/h1,3-8,14,18H,2,9-13,16H2. The van der Waals surface area contributed by atoms with Gasteiger partial charge in [0.05, 0.1) is 23.1 Å². The maximum atomic E-state index is 13.1. The minimum atomic E-state index is -4.50. The summed E-state index contributed by atoms with van der Waals surface area (Å²) in [7, 11) is 0. The van der Waals surface area contributed by atoms with Crippen molar-refractivity contribution < 1.29 is 22.8 Å². The van der Waals surface area contributed by atoms with Crippen molar-refractivity contribution in [1.82, 2.24) is 4.90 Å². The third-order valence-corrected chi connectivity index (χ3v) is 6.13. The molecule has 0 spiro atoms. The predicted molar refractivity (Wildman–Crippen MR) is 116 cm³/mol. The lowest BCUT2D eigenvalue weighted by Crippen LogP contribution is -2.40. The van der Waals surface area contributed by atoms with Gasteiger partial charge in [-0.25, -0.2) is 0 Å². The molecular weight excluding hydrogens is 433 g/mol. The van der Waals surface area contributed by atoms with Crippen LogP contribution in [-0.4, -0.2) is 49.4 Å². The molecule has 9 heteroatoms. The van der Waals surface area contributed by atoms with Gasteiger partial charge < -0.3 is 14.7 Å². The van der Waals surface area contributed by atoms with Gasteiger partial charge in [0.15, 0.2) is 0 Å². The minimum absolute atomic E-state index is 0.00901. The molecule has 0 aromatic heterocycles. The number of halogens is 3. The number of anilines is 2. The van der Waals surface area contributed by atoms with E-state index in [4.69, 9.17) is 5.26 Å². The molecule has 2 aliphatic rings. The smallest absolute Gasteiger partial charge is 0.370 e. The lowest BCUT2D eigenvalue weighted by Gasteiger charge is -2.25. The molecule has 1 unspecified atom stereocenters. The van der Waals surface area contributed by atoms with Crippen molar-refractivity contribution in [3.05, 3.63) is 59.7 Å². The number of hydrogen-bond donors (Lipinski definition) is 0. The fourth-order valence-electron chi connectivity index (χ4n) is 4.37. The summed E-state index contributed by atoms with van der Waals surface area (Å²) in [5, 5.41) is 8.96. The first kappa shape index (κ1) is 22.6. The van der Waals surface area contributed by atoms with Gasteiger partial charge in [-0.3, -0.25) is 9.59 Å². The van der Waals surface area contributed by atoms with Crippen molar-refractivity contribution in [2.45, 2.75) is 19.0 Å². The number of alkyl halides is 3. The van der Waals surface area contributed by atoms with Crippen LogP contribution in [0.3, 0.4) is 0 Å². The number of amides is 2. The zero-order chi connectivity index (χ0) is 23.6. The summed E-state index contributed by atoms with van der Waals surface area (Å²) in [5.74, 6) is -1.06. The Morgan fingerprint density at radius 3 is 2.45 bits per heavy atom. The summed E-state index contributed by atoms with van der Waals surface area (Å²) >= 11 is 0. The van der Waals surface area contributed by atoms with Gasteiger partial charge in [0.1, 0.15) is 0 Å². The van der Waals surface area contributed by atoms with Crippen molar-refractivity contribution >= 4 is 23.2 Å². The highest BCUT2D eigenvalue weighted by molar-refractivity contribution is 6.00. The lowest BCUT2D eigenvalue weighted by atomic mass is 10.1. The molecule has 1 atom stereocenters. The van der Waals surface area contributed by atoms with Crippen LogP contribution in [0.2, 0.25) is 0 Å². The van der Waals surface area contributed by atoms with Crippen molar-refractivity contribution in [3.8, 4) is 6.07 Å². The zero-order valence-electron chi connectivity index (χ0n) is 17.9. The van der Waals surface area contributed by atoms with E-state index in [0.29, 0.717) is 25.2 Å². The number of carbonyl (C=O) groups excluding carboxylic acids is 2. The summed E-state index contributed by atoms with van der Waals surface area (Å²) in [5.41, 5.74) is 0.905. The Morgan fingerprint density at radius 2 is 1.76 bits per heavy atom. The van der Waals surface area contributed by atoms with E-state index in [-0.39, 0.29) is 30.5 Å². The molecule has 2 saturated heterocycles. The Balaban J connectivity index is 1.40. The molecule has 2 amide bonds. The first-order valence-electron chi connectivity index (χ1n) is 10.8. The van der Waals surface area contributed by atoms with Gasteiger partial charge in [-0.1, -0.05) is 6.07 Å². The number of nitrogens with zero attached hydrogens (tertiary/aromatic N) is 4. The molecular formula is C24H23F3N4O2. The summed E-state index contributed by atoms with van der Waals surface area (Å²) in [6.45, 7) is 2.51. The van der Waals surface area contributed by atoms with Gasteiger partial charge in [-0.15, -0.1) is 0 Å². The highest BCUT2D eigenvalue weighted by Gasteiger charge is 2.38. The van der Waals surface area contributed by atoms with Crippen LogP contribution in [-0.2, 0) is 15.8 Å². The van der Waals surface area contributed by atoms with Crippen LogP contribution in [0.4, 0.5) is 24.5 Å². The van der Waals surface area contributed by atoms with E-state index >= 15 is 0 Å². The number of carbonyl (C=O) groups is 2. The third kappa shape index (κ3) is 4.95. The van der Waals surface area contributed by atoms with E-state index in [2.05, 4.69) is 11.0 Å². The molecule has 2 aliphatic heterocycles. The van der Waals surface area contributed by atoms with E-state index in [9.17, 15) is 22.8 Å². The Bertz CT molecular complexity index is 1080. The molecule has 0 N–H and O–H groups in total. The number of rotatable bonds is 3. The Morgan fingerprint density at radius 1 is 1.00 bits per heavy atom. The summed E-state index contributed by atoms with van der Waals surface area (Å²) < 4.78 is 39.1. The maximum absolute atomic E-state index is 13.1. The first-order valence-corrected chi connectivity index (χ1v) is 10.8. The second-order valence-corrected chi connectivity index (χ2v) is 8.28. The van der Waals surface area contributed by atoms with E-state index in [1.807, 2.05) is 12.1 Å². The SMILES string of the molecule is N#Cc1ccc(N2CCCN(C(=O)C3CC(=O)N(c4cccc(C(F)(F)F)c4)C3)CC2)cc1. The highest BCUT2D eigenvalue weighted by Crippen LogP contribution is 2.34. The molecule has 0 saturated carbocycles. The molecule has 33 heavy (non-hydrogen) atoms. The summed E-state index contributed by atoms with van der Waals surface area (Å²) in [6, 6.07) is 14.0. The normalized spacial score (nSPS) is 19.4. The molecule has 2 aromatic rings. The van der Waals surface area contributed by atoms with Gasteiger partial charge in [-0.05, 0) is 48.9 Å². The molecule has 172 valence electrons. The lowest BCUT2D eigenvalue weighted by molar-refractivity contribution is -0.137. The largest absolute Gasteiger partial charge is 0.416 e. The quantitative estimate of drug-likeness (QED) is 0.707. The second kappa shape index (κ2) is 9.14. The van der Waals surface area contributed by atoms with Crippen LogP contribution in [0.5, 0.6) is 0 Å². The first-order chi connectivity index (χ1) is 15.8. The van der Waals surface area contributed by atoms with Gasteiger partial charge in [0.2, 0.25) is 11.8 Å². The zero-order valence-corrected chi connectivity index (χ0v) is 17.9. The van der Waals surface area contributed by atoms with Crippen LogP contribution in [0.1, 0.15) is 24.0 Å². The van der Waals surface area contributed by atoms with E-state index in [0.717, 1.165) is 30.8 Å². The van der Waals surface area contributed by atoms with Crippen LogP contribution in [0.15, 0.2) is 48.5 Å². The molecule has 0 radical (unpaired) electrons. The van der Waals surface area contributed by atoms with Crippen LogP contribution >= 0.6 is 0 Å². The Labute approximate surface area is 189 Å². The number of nitriles is 1. The van der Waals surface area contributed by atoms with Gasteiger partial charge in [0, 0.05) is 50.5 Å². The average molecular weight is 456 g/mol. The fourth-order valence-corrected chi connectivity index (χ4v) is 4.37. The number of hydrogen-bond acceptors (Lipinski definition) is 4. The molecule has 0 bridgehead atoms. The van der Waals surface area contributed by atoms with Crippen LogP contribution in [0.25, 0.3) is 0 Å². The molecule has 0 aliphatic carbocycles. The predicted octanol–water partition coefficient (Wildman–Crippen LogP) is 3.67. The summed E-state index contributed by atoms with van der Waals surface area (Å²) in [4.78, 5) is 30.9. The molecule has 6 nitrogen and oxygen atoms in total. The van der Waals surface area contributed by atoms with Crippen molar-refractivity contribution in [3.63, 3.8) is 0 Å². The van der Waals surface area contributed by atoms with Crippen LogP contribution in [0, 0.1) is 17.2 Å². The molecule has 2 fully saturated rings. The van der Waals surface area contributed by atoms with Crippen molar-refractivity contribution in [2.75, 3.05) is 42.5 Å². The van der Waals surface area contributed by atoms with E-state index < -0.39 is 17.7 Å². The second-order valence-electron chi connectivity index (χ2n) is 8.28. The minimum Gasteiger partial charge on any atom is -0.370 e. The van der Waals surface area contributed by atoms with Gasteiger partial charge in [0.25, 0.3) is 0 Å². The average Bonchev–Trinajstić information content (AvgIpc) is 3.03. The van der Waals surface area contributed by atoms with E-state index in [1.54, 1.807) is 17.0 Å². The number of benzene rings is 2. The molecule has 2 heterocycles. The summed E-state index contributed by atoms with van der Waals surface area (Å²) in [6.07, 6.45) is -3.75. The fraction of sp³-hybridized carbons (Fsp3) is 0.375. The topological polar surface area (TPSA) is 67.6 Å². The third-order valence-electron chi connectivity index (χ3n) is 6.13. The van der Waals surface area contributed by atoms with Crippen molar-refractivity contribution in [2.24, 2.45) is 5.92 Å². The van der Waals surface area contributed by atoms with E-state index in [1.165, 1.54) is 17.0 Å². The van der Waals surface area contributed by atoms with Crippen molar-refractivity contribution in [1.29, 1.82) is 5.26 Å². The van der Waals surface area contributed by atoms with Crippen LogP contribution < -0.4 is 9.80 Å². The van der Waals surface area contributed by atoms with Gasteiger partial charge in [-0.2, -0.15) is 18.4 Å². The highest BCUT2D eigenvalue weighted by atomic mass is 19.4. The Hall–Kier alpha value is -3.54. The molecule has 4 rings (SSSR count). The van der Waals surface area contributed by atoms with Gasteiger partial charge >= 0.3 is 6.18 Å². The molecule has 2 aromatic carbocycles. The monoisotopic (exact) mass is 456 g/mol.